The molecule has 2 N–H and O–H groups in total. The van der Waals surface area contributed by atoms with E-state index in [1.807, 2.05) is 0 Å². The van der Waals surface area contributed by atoms with Gasteiger partial charge >= 0.3 is 11.6 Å². The maximum absolute atomic E-state index is 12.2. The zero-order valence-electron chi connectivity index (χ0n) is 11.4. The van der Waals surface area contributed by atoms with Gasteiger partial charge in [-0.15, -0.1) is 0 Å². The van der Waals surface area contributed by atoms with Crippen LogP contribution in [0.2, 0.25) is 0 Å². The Morgan fingerprint density at radius 1 is 1.00 bits per heavy atom. The number of carboxylic acids is 1. The van der Waals surface area contributed by atoms with Crippen LogP contribution in [0.3, 0.4) is 0 Å². The highest BCUT2D eigenvalue weighted by Crippen LogP contribution is 2.34. The molecule has 1 unspecified atom stereocenters. The van der Waals surface area contributed by atoms with Gasteiger partial charge in [0.15, 0.2) is 0 Å². The Balaban J connectivity index is 2.32. The van der Waals surface area contributed by atoms with E-state index in [1.165, 1.54) is 0 Å². The molecule has 2 aromatic carbocycles. The fraction of sp³-hybridized carbons (Fsp3) is 0.0588. The number of para-hydroxylation sites is 1. The highest BCUT2D eigenvalue weighted by molar-refractivity contribution is 5.88. The first-order valence-electron chi connectivity index (χ1n) is 6.62. The summed E-state index contributed by atoms with van der Waals surface area (Å²) in [5, 5.41) is 20.2. The molecule has 110 valence electrons. The Labute approximate surface area is 125 Å². The fourth-order valence-electron chi connectivity index (χ4n) is 2.48. The fourth-order valence-corrected chi connectivity index (χ4v) is 2.48. The maximum atomic E-state index is 12.2. The van der Waals surface area contributed by atoms with E-state index in [0.717, 1.165) is 0 Å². The number of aliphatic carboxylic acids is 1. The third kappa shape index (κ3) is 2.22. The van der Waals surface area contributed by atoms with Crippen LogP contribution in [0.5, 0.6) is 5.75 Å². The van der Waals surface area contributed by atoms with Gasteiger partial charge in [0.1, 0.15) is 17.3 Å². The molecule has 22 heavy (non-hydrogen) atoms. The van der Waals surface area contributed by atoms with E-state index >= 15 is 0 Å². The number of benzene rings is 2. The van der Waals surface area contributed by atoms with Crippen molar-refractivity contribution in [1.82, 2.24) is 0 Å². The summed E-state index contributed by atoms with van der Waals surface area (Å²) < 4.78 is 5.15. The summed E-state index contributed by atoms with van der Waals surface area (Å²) in [5.41, 5.74) is -0.510. The normalized spacial score (nSPS) is 12.2. The number of rotatable bonds is 3. The Morgan fingerprint density at radius 2 is 1.64 bits per heavy atom. The van der Waals surface area contributed by atoms with Gasteiger partial charge in [0, 0.05) is 0 Å². The molecule has 5 heteroatoms. The summed E-state index contributed by atoms with van der Waals surface area (Å²) in [6.07, 6.45) is 0. The molecule has 3 aromatic rings. The van der Waals surface area contributed by atoms with Gasteiger partial charge in [0.25, 0.3) is 0 Å². The van der Waals surface area contributed by atoms with Crippen LogP contribution in [0.15, 0.2) is 63.8 Å². The van der Waals surface area contributed by atoms with E-state index in [0.29, 0.717) is 10.9 Å². The lowest BCUT2D eigenvalue weighted by molar-refractivity contribution is -0.137. The Hall–Kier alpha value is -3.08. The van der Waals surface area contributed by atoms with Gasteiger partial charge in [-0.3, -0.25) is 4.79 Å². The molecule has 0 aliphatic carbocycles. The smallest absolute Gasteiger partial charge is 0.344 e. The second kappa shape index (κ2) is 5.37. The van der Waals surface area contributed by atoms with Crippen molar-refractivity contribution in [3.8, 4) is 5.75 Å². The molecular weight excluding hydrogens is 284 g/mol. The van der Waals surface area contributed by atoms with Crippen molar-refractivity contribution in [1.29, 1.82) is 0 Å². The zero-order chi connectivity index (χ0) is 15.7. The third-order valence-electron chi connectivity index (χ3n) is 3.49. The number of carboxylic acid groups (broad SMARTS) is 1. The monoisotopic (exact) mass is 296 g/mol. The van der Waals surface area contributed by atoms with Gasteiger partial charge in [-0.2, -0.15) is 0 Å². The number of aromatic hydroxyl groups is 1. The minimum atomic E-state index is -1.29. The molecule has 1 aromatic heterocycles. The number of hydrogen-bond donors (Lipinski definition) is 2. The molecule has 0 bridgehead atoms. The lowest BCUT2D eigenvalue weighted by Gasteiger charge is -2.14. The largest absolute Gasteiger partial charge is 0.507 e. The molecule has 0 saturated carbocycles. The van der Waals surface area contributed by atoms with Crippen molar-refractivity contribution >= 4 is 16.9 Å². The van der Waals surface area contributed by atoms with Crippen molar-refractivity contribution < 1.29 is 19.4 Å². The molecular formula is C17H12O5. The molecule has 1 atom stereocenters. The summed E-state index contributed by atoms with van der Waals surface area (Å²) in [6, 6.07) is 14.7. The average Bonchev–Trinajstić information content (AvgIpc) is 2.52. The molecule has 3 rings (SSSR count). The Morgan fingerprint density at radius 3 is 2.32 bits per heavy atom. The summed E-state index contributed by atoms with van der Waals surface area (Å²) in [7, 11) is 0. The molecule has 0 fully saturated rings. The van der Waals surface area contributed by atoms with E-state index in [-0.39, 0.29) is 16.9 Å². The van der Waals surface area contributed by atoms with Gasteiger partial charge in [-0.05, 0) is 17.7 Å². The predicted molar refractivity (Wildman–Crippen MR) is 80.1 cm³/mol. The first-order chi connectivity index (χ1) is 10.6. The molecule has 0 aliphatic rings. The van der Waals surface area contributed by atoms with E-state index in [1.54, 1.807) is 54.6 Å². The van der Waals surface area contributed by atoms with Crippen LogP contribution in [0.25, 0.3) is 11.0 Å². The zero-order valence-corrected chi connectivity index (χ0v) is 11.4. The van der Waals surface area contributed by atoms with E-state index in [4.69, 9.17) is 4.42 Å². The highest BCUT2D eigenvalue weighted by Gasteiger charge is 2.30. The van der Waals surface area contributed by atoms with Crippen LogP contribution in [-0.2, 0) is 4.79 Å². The third-order valence-corrected chi connectivity index (χ3v) is 3.49. The van der Waals surface area contributed by atoms with Crippen LogP contribution in [-0.4, -0.2) is 16.2 Å². The molecule has 0 amide bonds. The van der Waals surface area contributed by atoms with Gasteiger partial charge in [-0.1, -0.05) is 42.5 Å². The minimum absolute atomic E-state index is 0.214. The second-order valence-electron chi connectivity index (χ2n) is 4.83. The van der Waals surface area contributed by atoms with Gasteiger partial charge in [0.05, 0.1) is 10.9 Å². The van der Waals surface area contributed by atoms with E-state index < -0.39 is 17.5 Å². The summed E-state index contributed by atoms with van der Waals surface area (Å²) in [5.74, 6) is -2.88. The number of carbonyl (C=O) groups is 1. The first-order valence-corrected chi connectivity index (χ1v) is 6.62. The summed E-state index contributed by atoms with van der Waals surface area (Å²) in [4.78, 5) is 23.8. The van der Waals surface area contributed by atoms with Gasteiger partial charge < -0.3 is 14.6 Å². The number of fused-ring (bicyclic) bond motifs is 1. The van der Waals surface area contributed by atoms with E-state index in [2.05, 4.69) is 0 Å². The van der Waals surface area contributed by atoms with Gasteiger partial charge in [0.2, 0.25) is 0 Å². The lowest BCUT2D eigenvalue weighted by atomic mass is 9.91. The SMILES string of the molecule is O=C(O)C(c1ccccc1)c1c(O)c2ccccc2oc1=O. The van der Waals surface area contributed by atoms with Crippen LogP contribution < -0.4 is 5.63 Å². The summed E-state index contributed by atoms with van der Waals surface area (Å²) in [6.45, 7) is 0. The van der Waals surface area contributed by atoms with Crippen molar-refractivity contribution in [3.63, 3.8) is 0 Å². The number of hydrogen-bond acceptors (Lipinski definition) is 4. The van der Waals surface area contributed by atoms with Crippen molar-refractivity contribution in [3.05, 3.63) is 76.1 Å². The van der Waals surface area contributed by atoms with Crippen molar-refractivity contribution in [2.75, 3.05) is 0 Å². The van der Waals surface area contributed by atoms with Crippen molar-refractivity contribution in [2.24, 2.45) is 0 Å². The Kier molecular flexibility index (Phi) is 3.39. The predicted octanol–water partition coefficient (Wildman–Crippen LogP) is 2.72. The van der Waals surface area contributed by atoms with E-state index in [9.17, 15) is 19.8 Å². The highest BCUT2D eigenvalue weighted by atomic mass is 16.4. The standard InChI is InChI=1S/C17H12O5/c18-15-11-8-4-5-9-12(11)22-17(21)14(15)13(16(19)20)10-6-2-1-3-7-10/h1-9,13,18H,(H,19,20). The molecule has 0 aliphatic heterocycles. The maximum Gasteiger partial charge on any atom is 0.344 e. The van der Waals surface area contributed by atoms with Crippen LogP contribution >= 0.6 is 0 Å². The van der Waals surface area contributed by atoms with Crippen LogP contribution in [0, 0.1) is 0 Å². The minimum Gasteiger partial charge on any atom is -0.507 e. The quantitative estimate of drug-likeness (QED) is 0.725. The summed E-state index contributed by atoms with van der Waals surface area (Å²) >= 11 is 0. The molecule has 0 saturated heterocycles. The molecule has 5 nitrogen and oxygen atoms in total. The average molecular weight is 296 g/mol. The Bertz CT molecular complexity index is 896. The van der Waals surface area contributed by atoms with Crippen LogP contribution in [0.4, 0.5) is 0 Å². The molecule has 1 heterocycles. The van der Waals surface area contributed by atoms with Crippen LogP contribution in [0.1, 0.15) is 17.0 Å². The lowest BCUT2D eigenvalue weighted by Crippen LogP contribution is -2.21. The van der Waals surface area contributed by atoms with Crippen molar-refractivity contribution in [2.45, 2.75) is 5.92 Å². The molecule has 0 radical (unpaired) electrons. The van der Waals surface area contributed by atoms with Gasteiger partial charge in [-0.25, -0.2) is 4.79 Å². The molecule has 0 spiro atoms. The second-order valence-corrected chi connectivity index (χ2v) is 4.83. The first kappa shape index (κ1) is 13.9. The topological polar surface area (TPSA) is 87.7 Å².